The molecule has 0 radical (unpaired) electrons. The van der Waals surface area contributed by atoms with Crippen LogP contribution in [-0.2, 0) is 7.05 Å². The summed E-state index contributed by atoms with van der Waals surface area (Å²) in [5, 5.41) is 0. The van der Waals surface area contributed by atoms with Crippen molar-refractivity contribution in [2.24, 2.45) is 7.05 Å². The monoisotopic (exact) mass is 391 g/mol. The standard InChI is InChI=1S/C28H34N/c1-19-11-9-10-14-25(19)27-17-26(22(4)18-29(27)5)24-15-20(2)28(21(3)16-24)23-12-7-6-8-13-23/h9-11,14-18,23H,6-8,12-13H2,1-5H3/q+1/i2D3,4D3,23D. The van der Waals surface area contributed by atoms with Gasteiger partial charge in [0.2, 0.25) is 5.69 Å². The zero-order valence-electron chi connectivity index (χ0n) is 24.6. The minimum Gasteiger partial charge on any atom is -0.201 e. The quantitative estimate of drug-likeness (QED) is 0.418. The van der Waals surface area contributed by atoms with E-state index in [-0.39, 0.29) is 11.1 Å². The minimum absolute atomic E-state index is 0.163. The van der Waals surface area contributed by atoms with Crippen molar-refractivity contribution in [1.82, 2.24) is 0 Å². The molecule has 0 spiro atoms. The van der Waals surface area contributed by atoms with Gasteiger partial charge in [-0.15, -0.1) is 0 Å². The maximum Gasteiger partial charge on any atom is 0.213 e. The van der Waals surface area contributed by atoms with Crippen molar-refractivity contribution >= 4 is 0 Å². The predicted octanol–water partition coefficient (Wildman–Crippen LogP) is 7.13. The smallest absolute Gasteiger partial charge is 0.201 e. The highest BCUT2D eigenvalue weighted by molar-refractivity contribution is 5.74. The molecule has 0 saturated heterocycles. The number of rotatable bonds is 3. The summed E-state index contributed by atoms with van der Waals surface area (Å²) in [6, 6.07) is 13.3. The van der Waals surface area contributed by atoms with Crippen LogP contribution in [0.15, 0.2) is 48.7 Å². The van der Waals surface area contributed by atoms with E-state index in [1.807, 2.05) is 61.9 Å². The SMILES string of the molecule is [2H]C([2H])([2H])c1c[n+](C)c(-c2ccccc2C)cc1-c1cc(C)c(C2([2H])CCCCC2)c(C([2H])([2H])[2H])c1. The number of hydrogen-bond acceptors (Lipinski definition) is 0. The van der Waals surface area contributed by atoms with E-state index in [1.165, 1.54) is 0 Å². The van der Waals surface area contributed by atoms with Gasteiger partial charge in [-0.2, -0.15) is 0 Å². The van der Waals surface area contributed by atoms with Crippen molar-refractivity contribution in [1.29, 1.82) is 0 Å². The molecule has 1 fully saturated rings. The lowest BCUT2D eigenvalue weighted by Crippen LogP contribution is -2.31. The fourth-order valence-corrected chi connectivity index (χ4v) is 4.66. The molecule has 1 heteroatoms. The van der Waals surface area contributed by atoms with Gasteiger partial charge in [-0.25, -0.2) is 4.57 Å². The van der Waals surface area contributed by atoms with Gasteiger partial charge in [0.1, 0.15) is 7.05 Å². The second kappa shape index (κ2) is 8.14. The van der Waals surface area contributed by atoms with E-state index in [0.29, 0.717) is 29.5 Å². The molecule has 0 amide bonds. The summed E-state index contributed by atoms with van der Waals surface area (Å²) >= 11 is 0. The first-order valence-corrected chi connectivity index (χ1v) is 10.5. The van der Waals surface area contributed by atoms with Crippen molar-refractivity contribution in [3.05, 3.63) is 76.5 Å². The number of aromatic nitrogens is 1. The van der Waals surface area contributed by atoms with Gasteiger partial charge in [0.05, 0.1) is 0 Å². The van der Waals surface area contributed by atoms with Crippen LogP contribution in [0.25, 0.3) is 22.4 Å². The third-order valence-electron chi connectivity index (χ3n) is 6.15. The normalized spacial score (nSPS) is 20.4. The Kier molecular flexibility index (Phi) is 3.65. The number of hydrogen-bond donors (Lipinski definition) is 0. The molecule has 150 valence electrons. The lowest BCUT2D eigenvalue weighted by Gasteiger charge is -2.26. The van der Waals surface area contributed by atoms with Crippen LogP contribution in [0.2, 0.25) is 0 Å². The Hall–Kier alpha value is -2.41. The fraction of sp³-hybridized carbons (Fsp3) is 0.393. The molecule has 0 aliphatic heterocycles. The van der Waals surface area contributed by atoms with Gasteiger partial charge in [-0.1, -0.05) is 49.6 Å². The van der Waals surface area contributed by atoms with Crippen molar-refractivity contribution in [2.45, 2.75) is 65.5 Å². The molecular formula is C28H34N+. The van der Waals surface area contributed by atoms with E-state index in [0.717, 1.165) is 41.6 Å². The van der Waals surface area contributed by atoms with Gasteiger partial charge < -0.3 is 0 Å². The van der Waals surface area contributed by atoms with Gasteiger partial charge >= 0.3 is 0 Å². The first kappa shape index (κ1) is 13.0. The molecule has 1 saturated carbocycles. The Balaban J connectivity index is 2.02. The second-order valence-corrected chi connectivity index (χ2v) is 8.29. The maximum atomic E-state index is 9.19. The van der Waals surface area contributed by atoms with Gasteiger partial charge in [0, 0.05) is 26.8 Å². The fourth-order valence-electron chi connectivity index (χ4n) is 4.66. The van der Waals surface area contributed by atoms with Gasteiger partial charge in [0.25, 0.3) is 0 Å². The highest BCUT2D eigenvalue weighted by atomic mass is 14.9. The Morgan fingerprint density at radius 1 is 0.862 bits per heavy atom. The lowest BCUT2D eigenvalue weighted by molar-refractivity contribution is -0.660. The first-order chi connectivity index (χ1) is 16.7. The van der Waals surface area contributed by atoms with E-state index in [1.54, 1.807) is 12.3 Å². The molecule has 1 aromatic heterocycles. The van der Waals surface area contributed by atoms with E-state index < -0.39 is 19.6 Å². The third kappa shape index (κ3) is 3.88. The average Bonchev–Trinajstić information content (AvgIpc) is 2.78. The Bertz CT molecular complexity index is 1280. The molecule has 1 heterocycles. The summed E-state index contributed by atoms with van der Waals surface area (Å²) in [5.74, 6) is -0.938. The van der Waals surface area contributed by atoms with Crippen LogP contribution in [0.4, 0.5) is 0 Å². The summed E-state index contributed by atoms with van der Waals surface area (Å²) in [7, 11) is 1.83. The molecule has 0 unspecified atom stereocenters. The largest absolute Gasteiger partial charge is 0.213 e. The molecule has 2 aromatic carbocycles. The Labute approximate surface area is 186 Å². The molecule has 1 nitrogen and oxygen atoms in total. The molecule has 1 aliphatic carbocycles. The zero-order chi connectivity index (χ0) is 26.5. The van der Waals surface area contributed by atoms with Crippen LogP contribution in [-0.4, -0.2) is 0 Å². The molecule has 1 aliphatic rings. The summed E-state index contributed by atoms with van der Waals surface area (Å²) in [5.41, 5.74) is 5.59. The van der Waals surface area contributed by atoms with Crippen LogP contribution in [0, 0.1) is 27.6 Å². The second-order valence-electron chi connectivity index (χ2n) is 8.29. The van der Waals surface area contributed by atoms with Crippen LogP contribution in [0.1, 0.15) is 75.4 Å². The van der Waals surface area contributed by atoms with Gasteiger partial charge in [-0.05, 0) is 85.7 Å². The number of aryl methyl sites for hydroxylation is 5. The van der Waals surface area contributed by atoms with Crippen LogP contribution >= 0.6 is 0 Å². The molecule has 0 bridgehead atoms. The molecule has 4 rings (SSSR count). The summed E-state index contributed by atoms with van der Waals surface area (Å²) in [6.07, 6.45) is 5.78. The zero-order valence-corrected chi connectivity index (χ0v) is 17.6. The number of nitrogens with zero attached hydrogens (tertiary/aromatic N) is 1. The van der Waals surface area contributed by atoms with Crippen LogP contribution in [0.3, 0.4) is 0 Å². The number of pyridine rings is 1. The van der Waals surface area contributed by atoms with Crippen molar-refractivity contribution in [3.8, 4) is 22.4 Å². The Morgan fingerprint density at radius 2 is 1.59 bits per heavy atom. The molecule has 29 heavy (non-hydrogen) atoms. The predicted molar refractivity (Wildman–Crippen MR) is 123 cm³/mol. The summed E-state index contributed by atoms with van der Waals surface area (Å²) in [6.45, 7) is -0.931. The summed E-state index contributed by atoms with van der Waals surface area (Å²) in [4.78, 5) is 0. The van der Waals surface area contributed by atoms with Crippen molar-refractivity contribution in [2.75, 3.05) is 0 Å². The highest BCUT2D eigenvalue weighted by Gasteiger charge is 2.21. The Morgan fingerprint density at radius 3 is 2.31 bits per heavy atom. The van der Waals surface area contributed by atoms with Gasteiger partial charge in [0.15, 0.2) is 6.20 Å². The molecule has 0 atom stereocenters. The van der Waals surface area contributed by atoms with Crippen molar-refractivity contribution in [3.63, 3.8) is 0 Å². The molecule has 0 N–H and O–H groups in total. The average molecular weight is 392 g/mol. The van der Waals surface area contributed by atoms with E-state index in [2.05, 4.69) is 0 Å². The minimum atomic E-state index is -2.42. The summed E-state index contributed by atoms with van der Waals surface area (Å²) < 4.78 is 60.6. The van der Waals surface area contributed by atoms with Crippen molar-refractivity contribution < 1.29 is 14.2 Å². The first-order valence-electron chi connectivity index (χ1n) is 14.0. The molecule has 3 aromatic rings. The van der Waals surface area contributed by atoms with Gasteiger partial charge in [-0.3, -0.25) is 0 Å². The number of benzene rings is 2. The lowest BCUT2D eigenvalue weighted by atomic mass is 9.79. The van der Waals surface area contributed by atoms with Crippen LogP contribution < -0.4 is 4.57 Å². The van der Waals surface area contributed by atoms with E-state index in [9.17, 15) is 1.37 Å². The van der Waals surface area contributed by atoms with E-state index in [4.69, 9.17) is 8.22 Å². The van der Waals surface area contributed by atoms with E-state index >= 15 is 0 Å². The topological polar surface area (TPSA) is 3.88 Å². The van der Waals surface area contributed by atoms with Crippen LogP contribution in [0.5, 0.6) is 0 Å². The molecular weight excluding hydrogens is 350 g/mol. The maximum absolute atomic E-state index is 9.19. The third-order valence-corrected chi connectivity index (χ3v) is 6.15. The highest BCUT2D eigenvalue weighted by Crippen LogP contribution is 2.38.